The van der Waals surface area contributed by atoms with Gasteiger partial charge in [0.05, 0.1) is 28.5 Å². The van der Waals surface area contributed by atoms with Crippen LogP contribution in [0.1, 0.15) is 62.4 Å². The molecule has 2 atom stereocenters. The summed E-state index contributed by atoms with van der Waals surface area (Å²) in [5.41, 5.74) is 1.93. The fraction of sp³-hybridized carbons (Fsp3) is 0.545. The van der Waals surface area contributed by atoms with Crippen molar-refractivity contribution < 1.29 is 14.3 Å². The van der Waals surface area contributed by atoms with E-state index in [0.29, 0.717) is 28.6 Å². The van der Waals surface area contributed by atoms with E-state index in [9.17, 15) is 9.59 Å². The molecule has 0 saturated heterocycles. The third kappa shape index (κ3) is 4.67. The molecule has 10 heteroatoms. The summed E-state index contributed by atoms with van der Waals surface area (Å²) in [6.07, 6.45) is 6.80. The zero-order chi connectivity index (χ0) is 23.0. The van der Waals surface area contributed by atoms with Crippen LogP contribution in [0.25, 0.3) is 11.3 Å². The highest BCUT2D eigenvalue weighted by molar-refractivity contribution is 6.34. The molecule has 1 saturated carbocycles. The van der Waals surface area contributed by atoms with Crippen molar-refractivity contribution in [3.05, 3.63) is 28.5 Å². The first kappa shape index (κ1) is 22.4. The molecule has 0 spiro atoms. The lowest BCUT2D eigenvalue weighted by molar-refractivity contribution is 0.0488. The molecular formula is C22H29ClN6O3. The first-order chi connectivity index (χ1) is 15.1. The van der Waals surface area contributed by atoms with Gasteiger partial charge in [-0.25, -0.2) is 9.78 Å². The average molecular weight is 461 g/mol. The molecule has 2 aliphatic rings. The quantitative estimate of drug-likeness (QED) is 0.642. The molecule has 0 bridgehead atoms. The maximum absolute atomic E-state index is 12.5. The minimum atomic E-state index is -0.565. The fourth-order valence-electron chi connectivity index (χ4n) is 4.24. The number of carbonyl (C=O) groups is 2. The molecule has 4 rings (SSSR count). The molecule has 0 radical (unpaired) electrons. The number of hydrogen-bond donors (Lipinski definition) is 3. The summed E-state index contributed by atoms with van der Waals surface area (Å²) >= 11 is 6.69. The Morgan fingerprint density at radius 1 is 1.28 bits per heavy atom. The third-order valence-electron chi connectivity index (χ3n) is 5.66. The monoisotopic (exact) mass is 460 g/mol. The van der Waals surface area contributed by atoms with E-state index in [1.165, 1.54) is 0 Å². The summed E-state index contributed by atoms with van der Waals surface area (Å²) in [6, 6.07) is -0.183. The predicted octanol–water partition coefficient (Wildman–Crippen LogP) is 3.63. The number of amides is 2. The lowest BCUT2D eigenvalue weighted by atomic mass is 9.90. The second kappa shape index (κ2) is 8.61. The summed E-state index contributed by atoms with van der Waals surface area (Å²) < 4.78 is 7.11. The maximum atomic E-state index is 12.5. The number of alkyl carbamates (subject to hydrolysis) is 1. The highest BCUT2D eigenvalue weighted by atomic mass is 35.5. The van der Waals surface area contributed by atoms with E-state index < -0.39 is 11.7 Å². The van der Waals surface area contributed by atoms with Crippen molar-refractivity contribution in [2.45, 2.75) is 70.7 Å². The Kier molecular flexibility index (Phi) is 6.03. The highest BCUT2D eigenvalue weighted by Gasteiger charge is 2.33. The number of carbonyl (C=O) groups excluding carboxylic acids is 2. The van der Waals surface area contributed by atoms with Crippen molar-refractivity contribution in [1.29, 1.82) is 0 Å². The minimum Gasteiger partial charge on any atom is -0.444 e. The van der Waals surface area contributed by atoms with Gasteiger partial charge < -0.3 is 20.7 Å². The summed E-state index contributed by atoms with van der Waals surface area (Å²) in [6.45, 7) is 5.87. The van der Waals surface area contributed by atoms with Gasteiger partial charge in [0.2, 0.25) is 0 Å². The number of pyridine rings is 1. The predicted molar refractivity (Wildman–Crippen MR) is 122 cm³/mol. The molecule has 2 aromatic rings. The minimum absolute atomic E-state index is 0.0638. The number of halogens is 1. The van der Waals surface area contributed by atoms with Gasteiger partial charge in [-0.15, -0.1) is 0 Å². The van der Waals surface area contributed by atoms with Gasteiger partial charge in [-0.05, 0) is 33.6 Å². The summed E-state index contributed by atoms with van der Waals surface area (Å²) in [4.78, 5) is 29.6. The second-order valence-electron chi connectivity index (χ2n) is 9.35. The van der Waals surface area contributed by atoms with E-state index in [0.717, 1.165) is 36.8 Å². The van der Waals surface area contributed by atoms with Gasteiger partial charge in [-0.1, -0.05) is 24.4 Å². The molecule has 0 unspecified atom stereocenters. The lowest BCUT2D eigenvalue weighted by Crippen LogP contribution is -2.50. The van der Waals surface area contributed by atoms with Crippen LogP contribution >= 0.6 is 11.6 Å². The topological polar surface area (TPSA) is 110 Å². The molecule has 1 aliphatic heterocycles. The first-order valence-electron chi connectivity index (χ1n) is 10.9. The highest BCUT2D eigenvalue weighted by Crippen LogP contribution is 2.37. The van der Waals surface area contributed by atoms with Gasteiger partial charge in [0.25, 0.3) is 5.91 Å². The Labute approximate surface area is 192 Å². The number of fused-ring (bicyclic) bond motifs is 1. The Morgan fingerprint density at radius 2 is 2.00 bits per heavy atom. The summed E-state index contributed by atoms with van der Waals surface area (Å²) in [5.74, 6) is 0.311. The van der Waals surface area contributed by atoms with E-state index in [1.54, 1.807) is 10.9 Å². The lowest BCUT2D eigenvalue weighted by Gasteiger charge is -2.34. The number of nitrogens with zero attached hydrogens (tertiary/aromatic N) is 3. The van der Waals surface area contributed by atoms with Crippen LogP contribution in [-0.2, 0) is 18.3 Å². The first-order valence-corrected chi connectivity index (χ1v) is 11.3. The van der Waals surface area contributed by atoms with E-state index in [-0.39, 0.29) is 18.0 Å². The third-order valence-corrected chi connectivity index (χ3v) is 6.06. The molecule has 1 fully saturated rings. The molecule has 172 valence electrons. The Bertz CT molecular complexity index is 1050. The molecule has 3 heterocycles. The number of anilines is 1. The van der Waals surface area contributed by atoms with E-state index >= 15 is 0 Å². The van der Waals surface area contributed by atoms with E-state index in [1.807, 2.05) is 34.0 Å². The Balaban J connectivity index is 1.63. The van der Waals surface area contributed by atoms with Crippen LogP contribution in [0.5, 0.6) is 0 Å². The zero-order valence-corrected chi connectivity index (χ0v) is 19.5. The molecular weight excluding hydrogens is 432 g/mol. The average Bonchev–Trinajstić information content (AvgIpc) is 3.30. The normalized spacial score (nSPS) is 20.5. The second-order valence-corrected chi connectivity index (χ2v) is 9.73. The molecule has 32 heavy (non-hydrogen) atoms. The van der Waals surface area contributed by atoms with Crippen molar-refractivity contribution in [3.63, 3.8) is 0 Å². The summed E-state index contributed by atoms with van der Waals surface area (Å²) in [5, 5.41) is 13.9. The van der Waals surface area contributed by atoms with Crippen molar-refractivity contribution in [2.24, 2.45) is 7.05 Å². The number of ether oxygens (including phenoxy) is 1. The van der Waals surface area contributed by atoms with Crippen molar-refractivity contribution in [2.75, 3.05) is 5.32 Å². The Morgan fingerprint density at radius 3 is 2.66 bits per heavy atom. The van der Waals surface area contributed by atoms with Crippen LogP contribution in [0.4, 0.5) is 10.6 Å². The van der Waals surface area contributed by atoms with Gasteiger partial charge in [-0.3, -0.25) is 9.48 Å². The van der Waals surface area contributed by atoms with Crippen LogP contribution in [-0.4, -0.2) is 44.4 Å². The molecule has 2 aromatic heterocycles. The number of aryl methyl sites for hydroxylation is 1. The maximum Gasteiger partial charge on any atom is 0.407 e. The van der Waals surface area contributed by atoms with Gasteiger partial charge >= 0.3 is 6.09 Å². The zero-order valence-electron chi connectivity index (χ0n) is 18.8. The van der Waals surface area contributed by atoms with Crippen LogP contribution in [0.2, 0.25) is 5.02 Å². The van der Waals surface area contributed by atoms with Crippen LogP contribution in [0.15, 0.2) is 12.4 Å². The van der Waals surface area contributed by atoms with E-state index in [4.69, 9.17) is 21.3 Å². The van der Waals surface area contributed by atoms with Crippen LogP contribution in [0, 0.1) is 0 Å². The van der Waals surface area contributed by atoms with Gasteiger partial charge in [-0.2, -0.15) is 5.10 Å². The van der Waals surface area contributed by atoms with Gasteiger partial charge in [0.15, 0.2) is 0 Å². The number of rotatable bonds is 4. The number of aromatic nitrogens is 3. The molecule has 0 aromatic carbocycles. The molecule has 9 nitrogen and oxygen atoms in total. The Hall–Kier alpha value is -2.81. The van der Waals surface area contributed by atoms with Crippen molar-refractivity contribution in [3.8, 4) is 11.3 Å². The standard InChI is InChI=1S/C22H29ClN6O3/c1-22(2,3)32-21(31)27-15-8-6-5-7-14(15)26-19-17(23)13-10-24-20(30)16(13)18(28-19)12-9-25-29(4)11-12/h9,11,14-15H,5-8,10H2,1-4H3,(H,24,30)(H,26,28)(H,27,31)/t14-,15+/m0/s1. The van der Waals surface area contributed by atoms with Crippen molar-refractivity contribution >= 4 is 29.4 Å². The van der Waals surface area contributed by atoms with Gasteiger partial charge in [0, 0.05) is 37.0 Å². The summed E-state index contributed by atoms with van der Waals surface area (Å²) in [7, 11) is 1.81. The smallest absolute Gasteiger partial charge is 0.407 e. The molecule has 1 aliphatic carbocycles. The number of nitrogens with one attached hydrogen (secondary N) is 3. The largest absolute Gasteiger partial charge is 0.444 e. The molecule has 3 N–H and O–H groups in total. The van der Waals surface area contributed by atoms with Crippen LogP contribution in [0.3, 0.4) is 0 Å². The van der Waals surface area contributed by atoms with E-state index in [2.05, 4.69) is 21.0 Å². The fourth-order valence-corrected chi connectivity index (χ4v) is 4.50. The number of hydrogen-bond acceptors (Lipinski definition) is 6. The van der Waals surface area contributed by atoms with Crippen molar-refractivity contribution in [1.82, 2.24) is 25.4 Å². The SMILES string of the molecule is Cn1cc(-c2nc(N[C@H]3CCCC[C@H]3NC(=O)OC(C)(C)C)c(Cl)c3c2C(=O)NC3)cn1. The van der Waals surface area contributed by atoms with Gasteiger partial charge in [0.1, 0.15) is 11.4 Å². The van der Waals surface area contributed by atoms with Crippen LogP contribution < -0.4 is 16.0 Å². The molecule has 2 amide bonds.